The second-order valence-corrected chi connectivity index (χ2v) is 15.4. The molecular weight excluding hydrogens is 735 g/mol. The van der Waals surface area contributed by atoms with Gasteiger partial charge in [-0.25, -0.2) is 9.97 Å². The van der Waals surface area contributed by atoms with Crippen LogP contribution in [0.25, 0.3) is 116 Å². The molecule has 0 saturated carbocycles. The van der Waals surface area contributed by atoms with Gasteiger partial charge in [0.05, 0.1) is 39.4 Å². The van der Waals surface area contributed by atoms with E-state index in [0.717, 1.165) is 77.5 Å². The van der Waals surface area contributed by atoms with Gasteiger partial charge in [-0.15, -0.1) is 0 Å². The molecule has 6 nitrogen and oxygen atoms in total. The highest BCUT2D eigenvalue weighted by Gasteiger charge is 2.23. The first-order valence-electron chi connectivity index (χ1n) is 20.2. The van der Waals surface area contributed by atoms with Crippen molar-refractivity contribution in [1.82, 2.24) is 23.7 Å². The second kappa shape index (κ2) is 12.6. The molecule has 0 bridgehead atoms. The van der Waals surface area contributed by atoms with Crippen molar-refractivity contribution in [2.24, 2.45) is 0 Å². The molecule has 0 fully saturated rings. The van der Waals surface area contributed by atoms with E-state index >= 15 is 0 Å². The number of rotatable bonds is 5. The average Bonchev–Trinajstić information content (AvgIpc) is 4.09. The van der Waals surface area contributed by atoms with Gasteiger partial charge >= 0.3 is 0 Å². The molecule has 0 atom stereocenters. The molecule has 0 aliphatic carbocycles. The van der Waals surface area contributed by atoms with E-state index in [-0.39, 0.29) is 0 Å². The molecule has 13 rings (SSSR count). The Bertz CT molecular complexity index is 3830. The molecule has 0 unspecified atom stereocenters. The number of nitrogens with zero attached hydrogens (tertiary/aromatic N) is 5. The number of furan rings is 1. The second-order valence-electron chi connectivity index (χ2n) is 15.4. The van der Waals surface area contributed by atoms with Crippen molar-refractivity contribution in [3.05, 3.63) is 200 Å². The van der Waals surface area contributed by atoms with E-state index in [1.807, 2.05) is 6.07 Å². The summed E-state index contributed by atoms with van der Waals surface area (Å²) in [4.78, 5) is 10.6. The molecular formula is C54H33N5O. The number of benzene rings is 8. The Morgan fingerprint density at radius 3 is 1.52 bits per heavy atom. The van der Waals surface area contributed by atoms with Gasteiger partial charge in [0.1, 0.15) is 11.2 Å². The topological polar surface area (TPSA) is 53.7 Å². The fourth-order valence-corrected chi connectivity index (χ4v) is 9.56. The van der Waals surface area contributed by atoms with Crippen LogP contribution >= 0.6 is 0 Å². The Morgan fingerprint density at radius 1 is 0.367 bits per heavy atom. The van der Waals surface area contributed by atoms with Crippen LogP contribution in [0.3, 0.4) is 0 Å². The molecule has 5 heterocycles. The van der Waals surface area contributed by atoms with Crippen LogP contribution in [-0.4, -0.2) is 23.7 Å². The van der Waals surface area contributed by atoms with Crippen molar-refractivity contribution in [2.75, 3.05) is 0 Å². The number of hydrogen-bond donors (Lipinski definition) is 0. The van der Waals surface area contributed by atoms with E-state index in [1.54, 1.807) is 6.26 Å². The first kappa shape index (κ1) is 32.8. The number of hydrogen-bond acceptors (Lipinski definition) is 3. The van der Waals surface area contributed by atoms with Crippen LogP contribution in [-0.2, 0) is 0 Å². The molecule has 0 spiro atoms. The number of para-hydroxylation sites is 6. The summed E-state index contributed by atoms with van der Waals surface area (Å²) in [6.07, 6.45) is 1.71. The van der Waals surface area contributed by atoms with Crippen LogP contribution in [0.1, 0.15) is 0 Å². The first-order chi connectivity index (χ1) is 29.8. The van der Waals surface area contributed by atoms with Gasteiger partial charge in [0, 0.05) is 55.3 Å². The zero-order valence-corrected chi connectivity index (χ0v) is 32.2. The Labute approximate surface area is 343 Å². The molecule has 13 aromatic rings. The molecule has 8 aromatic carbocycles. The van der Waals surface area contributed by atoms with Crippen LogP contribution < -0.4 is 0 Å². The van der Waals surface area contributed by atoms with Crippen LogP contribution in [0.15, 0.2) is 205 Å². The van der Waals surface area contributed by atoms with Crippen LogP contribution in [0.2, 0.25) is 0 Å². The van der Waals surface area contributed by atoms with Gasteiger partial charge in [-0.05, 0) is 77.9 Å². The van der Waals surface area contributed by atoms with Crippen molar-refractivity contribution in [3.8, 4) is 39.7 Å². The van der Waals surface area contributed by atoms with E-state index in [4.69, 9.17) is 14.4 Å². The number of fused-ring (bicyclic) bond motifs is 10. The third-order valence-corrected chi connectivity index (χ3v) is 12.1. The predicted octanol–water partition coefficient (Wildman–Crippen LogP) is 13.8. The summed E-state index contributed by atoms with van der Waals surface area (Å²) in [6, 6.07) is 69.0. The highest BCUT2D eigenvalue weighted by Crippen LogP contribution is 2.42. The van der Waals surface area contributed by atoms with Gasteiger partial charge in [-0.3, -0.25) is 4.57 Å². The largest absolute Gasteiger partial charge is 0.460 e. The lowest BCUT2D eigenvalue weighted by molar-refractivity contribution is 0.614. The van der Waals surface area contributed by atoms with Crippen LogP contribution in [0.4, 0.5) is 0 Å². The summed E-state index contributed by atoms with van der Waals surface area (Å²) < 4.78 is 13.1. The van der Waals surface area contributed by atoms with E-state index < -0.39 is 0 Å². The zero-order chi connectivity index (χ0) is 39.3. The van der Waals surface area contributed by atoms with E-state index in [2.05, 4.69) is 202 Å². The third-order valence-electron chi connectivity index (χ3n) is 12.1. The van der Waals surface area contributed by atoms with Crippen LogP contribution in [0, 0.1) is 0 Å². The van der Waals surface area contributed by atoms with E-state index in [0.29, 0.717) is 11.5 Å². The van der Waals surface area contributed by atoms with Crippen molar-refractivity contribution in [3.63, 3.8) is 0 Å². The average molecular weight is 768 g/mol. The van der Waals surface area contributed by atoms with Gasteiger partial charge < -0.3 is 13.6 Å². The molecule has 0 aliphatic rings. The molecule has 5 aromatic heterocycles. The monoisotopic (exact) mass is 767 g/mol. The van der Waals surface area contributed by atoms with Gasteiger partial charge in [-0.2, -0.15) is 0 Å². The SMILES string of the molecule is c1ccc(-n2c3ccccc3c3cc(-c4ccc5c(c4)c4ccccc4n5-c4nc(-c5cccc6c7ccccc7n(-c7ccccc7)c56)c5occc5n4)ccc32)cc1. The van der Waals surface area contributed by atoms with Gasteiger partial charge in [-0.1, -0.05) is 121 Å². The summed E-state index contributed by atoms with van der Waals surface area (Å²) in [7, 11) is 0. The Hall–Kier alpha value is -8.22. The minimum atomic E-state index is 0.590. The maximum absolute atomic E-state index is 6.22. The number of aromatic nitrogens is 5. The van der Waals surface area contributed by atoms with Crippen LogP contribution in [0.5, 0.6) is 0 Å². The minimum absolute atomic E-state index is 0.590. The van der Waals surface area contributed by atoms with Gasteiger partial charge in [0.25, 0.3) is 0 Å². The molecule has 0 N–H and O–H groups in total. The molecule has 280 valence electrons. The molecule has 60 heavy (non-hydrogen) atoms. The predicted molar refractivity (Wildman–Crippen MR) is 246 cm³/mol. The zero-order valence-electron chi connectivity index (χ0n) is 32.2. The van der Waals surface area contributed by atoms with Gasteiger partial charge in [0.2, 0.25) is 5.95 Å². The maximum atomic E-state index is 6.22. The third kappa shape index (κ3) is 4.70. The summed E-state index contributed by atoms with van der Waals surface area (Å²) in [5.41, 5.74) is 14.3. The Balaban J connectivity index is 1.02. The van der Waals surface area contributed by atoms with Crippen molar-refractivity contribution >= 4 is 76.5 Å². The van der Waals surface area contributed by atoms with Gasteiger partial charge in [0.15, 0.2) is 5.58 Å². The minimum Gasteiger partial charge on any atom is -0.460 e. The highest BCUT2D eigenvalue weighted by molar-refractivity contribution is 6.16. The highest BCUT2D eigenvalue weighted by atomic mass is 16.3. The lowest BCUT2D eigenvalue weighted by Crippen LogP contribution is -2.03. The van der Waals surface area contributed by atoms with Crippen molar-refractivity contribution < 1.29 is 4.42 Å². The fourth-order valence-electron chi connectivity index (χ4n) is 9.56. The summed E-state index contributed by atoms with van der Waals surface area (Å²) in [5, 5.41) is 7.07. The van der Waals surface area contributed by atoms with Crippen molar-refractivity contribution in [2.45, 2.75) is 0 Å². The Morgan fingerprint density at radius 2 is 0.867 bits per heavy atom. The molecule has 0 radical (unpaired) electrons. The summed E-state index contributed by atoms with van der Waals surface area (Å²) >= 11 is 0. The molecule has 0 saturated heterocycles. The normalized spacial score (nSPS) is 12.0. The maximum Gasteiger partial charge on any atom is 0.236 e. The molecule has 0 amide bonds. The first-order valence-corrected chi connectivity index (χ1v) is 20.2. The van der Waals surface area contributed by atoms with E-state index in [1.165, 1.54) is 27.2 Å². The van der Waals surface area contributed by atoms with Crippen molar-refractivity contribution in [1.29, 1.82) is 0 Å². The summed E-state index contributed by atoms with van der Waals surface area (Å²) in [6.45, 7) is 0. The molecule has 6 heteroatoms. The standard InChI is InChI=1S/C54H33N5O/c1-3-14-36(15-4-1)57-46-23-10-8-19-39(46)43-32-34(26-28-49(43)57)35-27-29-50-44(33-35)40-20-9-12-25-48(40)59(50)54-55-45-30-31-60-53(45)51(56-54)42-22-13-21-41-38-18-7-11-24-47(38)58(52(41)42)37-16-5-2-6-17-37/h1-33H. The summed E-state index contributed by atoms with van der Waals surface area (Å²) in [5.74, 6) is 0.590. The molecule has 0 aliphatic heterocycles. The van der Waals surface area contributed by atoms with E-state index in [9.17, 15) is 0 Å². The quantitative estimate of drug-likeness (QED) is 0.175. The fraction of sp³-hybridized carbons (Fsp3) is 0. The smallest absolute Gasteiger partial charge is 0.236 e. The lowest BCUT2D eigenvalue weighted by Gasteiger charge is -2.13. The Kier molecular flexibility index (Phi) is 6.91. The lowest BCUT2D eigenvalue weighted by atomic mass is 10.0.